The molecule has 0 atom stereocenters. The molecule has 0 radical (unpaired) electrons. The number of hydrogen-bond acceptors (Lipinski definition) is 27. The molecule has 0 saturated heterocycles. The summed E-state index contributed by atoms with van der Waals surface area (Å²) < 4.78 is 63.8. The molecule has 0 aliphatic carbocycles. The molecule has 19 aromatic rings. The first-order chi connectivity index (χ1) is 59.2. The monoisotopic (exact) mass is 1910 g/mol. The molecule has 126 heavy (non-hydrogen) atoms. The molecule has 28 nitrogen and oxygen atoms in total. The Hall–Kier alpha value is -11.9. The van der Waals surface area contributed by atoms with E-state index in [1.807, 2.05) is 172 Å². The Balaban J connectivity index is 0.000000217. The van der Waals surface area contributed by atoms with E-state index in [1.54, 1.807) is 90.6 Å². The van der Waals surface area contributed by atoms with E-state index in [0.717, 1.165) is 114 Å². The molecule has 644 valence electrons. The van der Waals surface area contributed by atoms with Crippen molar-refractivity contribution in [3.05, 3.63) is 345 Å². The zero-order valence-corrected chi connectivity index (χ0v) is 77.0. The summed E-state index contributed by atoms with van der Waals surface area (Å²) in [6, 6.07) is 69.4. The largest absolute Gasteiger partial charge is 1.00 e. The maximum Gasteiger partial charge on any atom is 1.00 e. The Morgan fingerprint density at radius 3 is 1.33 bits per heavy atom. The van der Waals surface area contributed by atoms with Crippen molar-refractivity contribution in [1.82, 2.24) is 37.3 Å². The van der Waals surface area contributed by atoms with Crippen LogP contribution in [0.25, 0.3) is 95.6 Å². The molecule has 9 aromatic heterocycles. The number of aromatic nitrogens is 9. The van der Waals surface area contributed by atoms with E-state index in [9.17, 15) is 56.1 Å². The third-order valence-electron chi connectivity index (χ3n) is 16.9. The second-order valence-corrected chi connectivity index (χ2v) is 35.8. The van der Waals surface area contributed by atoms with Gasteiger partial charge in [0.25, 0.3) is 50.0 Å². The first-order valence-corrected chi connectivity index (χ1v) is 45.1. The van der Waals surface area contributed by atoms with Crippen LogP contribution >= 0.6 is 115 Å². The van der Waals surface area contributed by atoms with Crippen LogP contribution in [0.5, 0.6) is 5.75 Å². The van der Waals surface area contributed by atoms with Crippen molar-refractivity contribution in [2.45, 2.75) is 67.4 Å². The topological polar surface area (TPSA) is 404 Å². The third kappa shape index (κ3) is 28.1. The van der Waals surface area contributed by atoms with Gasteiger partial charge in [0, 0.05) is 30.4 Å². The number of benzene rings is 10. The summed E-state index contributed by atoms with van der Waals surface area (Å²) in [6.07, 6.45) is 1.90. The molecule has 9 heterocycles. The molecule has 0 bridgehead atoms. The van der Waals surface area contributed by atoms with Crippen molar-refractivity contribution in [2.75, 3.05) is 6.61 Å². The number of aryl methyl sites for hydroxylation is 5. The molecule has 4 N–H and O–H groups in total. The van der Waals surface area contributed by atoms with E-state index < -0.39 is 21.6 Å². The van der Waals surface area contributed by atoms with E-state index in [1.165, 1.54) is 97.8 Å². The van der Waals surface area contributed by atoms with Gasteiger partial charge < -0.3 is 9.29 Å². The zero-order chi connectivity index (χ0) is 88.9. The first-order valence-electron chi connectivity index (χ1n) is 36.0. The molecule has 0 fully saturated rings. The average molecular weight is 1910 g/mol. The van der Waals surface area contributed by atoms with E-state index >= 15 is 0 Å². The van der Waals surface area contributed by atoms with Crippen LogP contribution in [0.1, 0.15) is 51.8 Å². The second-order valence-electron chi connectivity index (χ2n) is 25.0. The van der Waals surface area contributed by atoms with E-state index in [2.05, 4.69) is 35.3 Å². The summed E-state index contributed by atoms with van der Waals surface area (Å²) in [6.45, 7) is 14.5. The van der Waals surface area contributed by atoms with Crippen LogP contribution in [0.2, 0.25) is 5.02 Å². The van der Waals surface area contributed by atoms with Gasteiger partial charge in [-0.15, -0.1) is 0 Å². The minimum Gasteiger partial charge on any atom is -0.747 e. The summed E-state index contributed by atoms with van der Waals surface area (Å²) in [7, 11) is -0.913. The number of nitrogens with one attached hydrogen (secondary N) is 4. The van der Waals surface area contributed by atoms with Crippen molar-refractivity contribution < 1.29 is 66.4 Å². The van der Waals surface area contributed by atoms with Crippen molar-refractivity contribution in [1.29, 1.82) is 5.26 Å². The van der Waals surface area contributed by atoms with Gasteiger partial charge in [-0.2, -0.15) is 24.4 Å². The fourth-order valence-electron chi connectivity index (χ4n) is 11.2. The SMILES string of the molecule is C.C.CCOc1ccc2c(=O)[nH]sc2c1.CCc1ccc2c(=O)[nH]sc2c1.Cc1cc(Cl)cc2s[nH]c(=O)c12.Cn1sc2ccccc2c1=O.N#CCCn1sc2ccccc2c1=O.O=C=O.O=C=O.O=c1[nH]sc2ccccc12.O=c1c2ccccc2sn1CS(=O)(=O)[O-].O=c1c2ccccc2sn1Cc1ccccc1.[C-]#[N+]c1ccc2c(=O)n(C)sc2c1.[Na+]. The van der Waals surface area contributed by atoms with Gasteiger partial charge in [0.1, 0.15) is 21.7 Å². The van der Waals surface area contributed by atoms with Gasteiger partial charge in [-0.05, 0) is 146 Å². The van der Waals surface area contributed by atoms with Crippen LogP contribution in [0.4, 0.5) is 5.69 Å². The number of aromatic amines is 4. The fourth-order valence-corrected chi connectivity index (χ4v) is 20.3. The Morgan fingerprint density at radius 1 is 0.452 bits per heavy atom. The minimum absolute atomic E-state index is 0. The number of fused-ring (bicyclic) bond motifs is 9. The molecule has 0 unspecified atom stereocenters. The molecule has 0 spiro atoms. The number of halogens is 1. The Kier molecular flexibility index (Phi) is 41.1. The number of nitrogens with zero attached hydrogens (tertiary/aromatic N) is 7. The van der Waals surface area contributed by atoms with Gasteiger partial charge >= 0.3 is 41.9 Å². The van der Waals surface area contributed by atoms with Crippen LogP contribution in [0.15, 0.2) is 262 Å². The molecule has 40 heteroatoms. The predicted molar refractivity (Wildman–Crippen MR) is 508 cm³/mol. The van der Waals surface area contributed by atoms with Gasteiger partial charge in [0.2, 0.25) is 0 Å². The molecule has 0 amide bonds. The number of rotatable bonds is 9. The molecular formula is C86H75ClN11NaO17S10. The van der Waals surface area contributed by atoms with Gasteiger partial charge in [-0.1, -0.05) is 246 Å². The molecular weight excluding hydrogens is 1840 g/mol. The third-order valence-corrected chi connectivity index (χ3v) is 26.4. The predicted octanol–water partition coefficient (Wildman–Crippen LogP) is 14.8. The normalized spacial score (nSPS) is 10.1. The molecule has 19 rings (SSSR count). The van der Waals surface area contributed by atoms with Gasteiger partial charge in [-0.3, -0.25) is 76.5 Å². The molecule has 0 aliphatic heterocycles. The second kappa shape index (κ2) is 50.3. The quantitative estimate of drug-likeness (QED) is 0.0592. The number of hydrogen-bond donors (Lipinski definition) is 4. The fraction of sp³-hybridized carbons (Fsp3) is 0.151. The number of ether oxygens (including phenoxy) is 1. The summed E-state index contributed by atoms with van der Waals surface area (Å²) in [5.41, 5.74) is 3.73. The Labute approximate surface area is 780 Å². The van der Waals surface area contributed by atoms with Gasteiger partial charge in [-0.25, -0.2) is 17.2 Å². The smallest absolute Gasteiger partial charge is 0.747 e. The van der Waals surface area contributed by atoms with Gasteiger partial charge in [0.05, 0.1) is 118 Å². The first kappa shape index (κ1) is 103. The number of H-pyrrole nitrogens is 4. The summed E-state index contributed by atoms with van der Waals surface area (Å²) in [5.74, 6) is 0.0100. The van der Waals surface area contributed by atoms with Crippen LogP contribution in [-0.2, 0) is 68.8 Å². The summed E-state index contributed by atoms with van der Waals surface area (Å²) >= 11 is 18.0. The number of nitriles is 1. The summed E-state index contributed by atoms with van der Waals surface area (Å²) in [4.78, 5) is 138. The maximum atomic E-state index is 12.1. The Morgan fingerprint density at radius 2 is 0.849 bits per heavy atom. The van der Waals surface area contributed by atoms with Crippen molar-refractivity contribution >= 4 is 234 Å². The zero-order valence-electron chi connectivity index (χ0n) is 66.1. The van der Waals surface area contributed by atoms with Crippen LogP contribution in [0, 0.1) is 24.8 Å². The van der Waals surface area contributed by atoms with Crippen LogP contribution in [0.3, 0.4) is 0 Å². The van der Waals surface area contributed by atoms with E-state index in [4.69, 9.17) is 47.3 Å². The van der Waals surface area contributed by atoms with Crippen molar-refractivity contribution in [2.24, 2.45) is 14.1 Å². The van der Waals surface area contributed by atoms with Crippen LogP contribution < -0.4 is 84.3 Å². The van der Waals surface area contributed by atoms with E-state index in [-0.39, 0.29) is 101 Å². The summed E-state index contributed by atoms with van der Waals surface area (Å²) in [5, 5.41) is 15.7. The van der Waals surface area contributed by atoms with Gasteiger partial charge in [0.15, 0.2) is 5.69 Å². The van der Waals surface area contributed by atoms with Crippen molar-refractivity contribution in [3.8, 4) is 11.8 Å². The molecule has 0 aliphatic rings. The maximum absolute atomic E-state index is 12.1. The molecule has 10 aromatic carbocycles. The minimum atomic E-state index is -4.42. The average Bonchev–Trinajstić information content (AvgIpc) is 1.65. The van der Waals surface area contributed by atoms with E-state index in [0.29, 0.717) is 52.3 Å². The standard InChI is InChI=1S/C14H11NOS.C10H8N2OS.C9H6N2OS.C9H9NO2S.C9H9NOS.C8H6ClNOS.C8H7NO4S2.C8H7NOS.C7H5NOS.2CO2.2CH4.Na/c16-14-12-8-4-5-9-13(12)17-15(14)10-11-6-2-1-3-7-11;11-6-3-7-12-10(13)8-4-1-2-5-9(8)14-12;1-10-6-3-4-7-8(5-6)13-11(2)9(7)12;1-2-12-6-3-4-7-8(5-6)13-10-9(7)11;1-2-6-3-4-7-8(5-6)12-10-9(7)11;1-4-2-5(9)3-6-7(4)8(11)10-12-6;10-8-6-3-1-2-4-7(6)14-9(8)5-15(11,12)13;1-9-8(10)6-4-2-3-5-7(6)11-9;9-7-5-3-1-2-4-6(5)10-8-7;2*2-1-3;;;/h1-9H,10H2;1-2,4-5H,3,7H2;3-5H,2H3;3-5H,2H2,1H3,(H,10,11);3-5H,2H2,1H3,(H,10,11);2-3H,1H3,(H,10,11);1-4H,5H2,(H,11,12,13);2-5H,1H3;1-4H,(H,8,9);;;2*1H4;/q;;;;;;;;;;;;;+1/p-1. The van der Waals surface area contributed by atoms with Crippen molar-refractivity contribution in [3.63, 3.8) is 0 Å². The van der Waals surface area contributed by atoms with Crippen LogP contribution in [-0.4, -0.2) is 69.2 Å². The number of carbonyl (C=O) groups excluding carboxylic acids is 4. The Bertz CT molecular complexity index is 7750. The molecule has 0 saturated carbocycles.